The summed E-state index contributed by atoms with van der Waals surface area (Å²) >= 11 is 11.4. The molecule has 0 atom stereocenters. The van der Waals surface area contributed by atoms with E-state index < -0.39 is 29.7 Å². The first-order valence-electron chi connectivity index (χ1n) is 4.71. The third-order valence-electron chi connectivity index (χ3n) is 2.56. The van der Waals surface area contributed by atoms with Crippen molar-refractivity contribution in [3.05, 3.63) is 38.9 Å². The van der Waals surface area contributed by atoms with Gasteiger partial charge in [-0.3, -0.25) is 4.79 Å². The van der Waals surface area contributed by atoms with Crippen LogP contribution in [0.3, 0.4) is 0 Å². The maximum absolute atomic E-state index is 12.3. The summed E-state index contributed by atoms with van der Waals surface area (Å²) in [7, 11) is 0. The third-order valence-corrected chi connectivity index (χ3v) is 3.12. The van der Waals surface area contributed by atoms with Crippen molar-refractivity contribution in [1.82, 2.24) is 0 Å². The Bertz CT molecular complexity index is 576. The van der Waals surface area contributed by atoms with Crippen molar-refractivity contribution in [3.8, 4) is 0 Å². The number of Topliss-reactive ketones (excluding diaryl/α,β-unsaturated/α-hetero) is 1. The molecule has 1 aromatic rings. The van der Waals surface area contributed by atoms with E-state index in [9.17, 15) is 23.1 Å². The van der Waals surface area contributed by atoms with Crippen molar-refractivity contribution >= 4 is 34.7 Å². The van der Waals surface area contributed by atoms with Gasteiger partial charge < -0.3 is 5.11 Å². The van der Waals surface area contributed by atoms with Gasteiger partial charge in [-0.05, 0) is 23.3 Å². The number of allylic oxidation sites excluding steroid dienone is 1. The molecule has 0 saturated carbocycles. The highest BCUT2D eigenvalue weighted by atomic mass is 35.5. The van der Waals surface area contributed by atoms with E-state index >= 15 is 0 Å². The van der Waals surface area contributed by atoms with Gasteiger partial charge in [-0.25, -0.2) is 0 Å². The van der Waals surface area contributed by atoms with E-state index in [1.165, 1.54) is 12.1 Å². The normalized spacial score (nSPS) is 14.9. The van der Waals surface area contributed by atoms with E-state index in [0.29, 0.717) is 0 Å². The Morgan fingerprint density at radius 1 is 1.28 bits per heavy atom. The van der Waals surface area contributed by atoms with E-state index in [2.05, 4.69) is 0 Å². The van der Waals surface area contributed by atoms with E-state index in [1.807, 2.05) is 0 Å². The number of alkyl halides is 3. The average Bonchev–Trinajstić information content (AvgIpc) is 2.54. The van der Waals surface area contributed by atoms with Crippen LogP contribution in [0.25, 0.3) is 5.76 Å². The highest BCUT2D eigenvalue weighted by Gasteiger charge is 2.42. The van der Waals surface area contributed by atoms with Gasteiger partial charge in [-0.2, -0.15) is 13.2 Å². The van der Waals surface area contributed by atoms with Gasteiger partial charge in [0, 0.05) is 22.0 Å². The molecule has 1 aliphatic carbocycles. The molecule has 0 N–H and O–H groups in total. The van der Waals surface area contributed by atoms with Crippen LogP contribution in [-0.2, 0) is 11.2 Å². The Kier molecular flexibility index (Phi) is 3.07. The molecule has 0 aromatic heterocycles. The average molecular weight is 296 g/mol. The number of benzene rings is 1. The molecule has 1 aromatic carbocycles. The lowest BCUT2D eigenvalue weighted by Gasteiger charge is -2.13. The molecule has 0 fully saturated rings. The van der Waals surface area contributed by atoms with Crippen LogP contribution in [0.15, 0.2) is 17.7 Å². The minimum atomic E-state index is -5.07. The molecule has 0 spiro atoms. The summed E-state index contributed by atoms with van der Waals surface area (Å²) in [6.07, 6.45) is -5.48. The lowest BCUT2D eigenvalue weighted by molar-refractivity contribution is -0.244. The Morgan fingerprint density at radius 3 is 2.44 bits per heavy atom. The topological polar surface area (TPSA) is 40.1 Å². The SMILES string of the molecule is O=C(C1=C([O-])c2cc(Cl)cc(Cl)c2C1)C(F)(F)F. The molecule has 96 valence electrons. The largest absolute Gasteiger partial charge is 0.872 e. The highest BCUT2D eigenvalue weighted by Crippen LogP contribution is 2.38. The number of ketones is 1. The van der Waals surface area contributed by atoms with Crippen LogP contribution in [0, 0.1) is 0 Å². The second kappa shape index (κ2) is 4.17. The lowest BCUT2D eigenvalue weighted by atomic mass is 10.1. The Balaban J connectivity index is 2.52. The lowest BCUT2D eigenvalue weighted by Crippen LogP contribution is -2.26. The van der Waals surface area contributed by atoms with Gasteiger partial charge in [0.2, 0.25) is 0 Å². The molecule has 18 heavy (non-hydrogen) atoms. The second-order valence-electron chi connectivity index (χ2n) is 3.73. The predicted octanol–water partition coefficient (Wildman–Crippen LogP) is 2.75. The van der Waals surface area contributed by atoms with Crippen molar-refractivity contribution in [2.75, 3.05) is 0 Å². The molecule has 2 nitrogen and oxygen atoms in total. The molecular formula is C11H4Cl2F3O2-. The van der Waals surface area contributed by atoms with Crippen molar-refractivity contribution in [3.63, 3.8) is 0 Å². The van der Waals surface area contributed by atoms with Gasteiger partial charge in [0.1, 0.15) is 0 Å². The number of hydrogen-bond donors (Lipinski definition) is 0. The Morgan fingerprint density at radius 2 is 1.89 bits per heavy atom. The fraction of sp³-hybridized carbons (Fsp3) is 0.182. The van der Waals surface area contributed by atoms with Gasteiger partial charge >= 0.3 is 6.18 Å². The van der Waals surface area contributed by atoms with Crippen LogP contribution in [0.1, 0.15) is 11.1 Å². The summed E-state index contributed by atoms with van der Waals surface area (Å²) in [5, 5.41) is 11.9. The summed E-state index contributed by atoms with van der Waals surface area (Å²) in [6.45, 7) is 0. The van der Waals surface area contributed by atoms with Gasteiger partial charge in [0.25, 0.3) is 5.78 Å². The molecule has 0 saturated heterocycles. The molecule has 0 radical (unpaired) electrons. The van der Waals surface area contributed by atoms with Crippen LogP contribution in [0.5, 0.6) is 0 Å². The van der Waals surface area contributed by atoms with E-state index in [4.69, 9.17) is 23.2 Å². The van der Waals surface area contributed by atoms with Crippen LogP contribution >= 0.6 is 23.2 Å². The van der Waals surface area contributed by atoms with Crippen molar-refractivity contribution in [2.24, 2.45) is 0 Å². The van der Waals surface area contributed by atoms with Crippen molar-refractivity contribution < 1.29 is 23.1 Å². The fourth-order valence-corrected chi connectivity index (χ4v) is 2.32. The van der Waals surface area contributed by atoms with Gasteiger partial charge in [0.15, 0.2) is 0 Å². The number of rotatable bonds is 1. The molecule has 1 aliphatic rings. The molecule has 2 rings (SSSR count). The summed E-state index contributed by atoms with van der Waals surface area (Å²) in [4.78, 5) is 11.1. The van der Waals surface area contributed by atoms with Crippen LogP contribution in [-0.4, -0.2) is 12.0 Å². The smallest absolute Gasteiger partial charge is 0.454 e. The maximum atomic E-state index is 12.3. The van der Waals surface area contributed by atoms with E-state index in [-0.39, 0.29) is 21.2 Å². The minimum absolute atomic E-state index is 0.0416. The molecule has 0 aliphatic heterocycles. The van der Waals surface area contributed by atoms with Gasteiger partial charge in [0.05, 0.1) is 0 Å². The van der Waals surface area contributed by atoms with Crippen molar-refractivity contribution in [2.45, 2.75) is 12.6 Å². The number of halogens is 5. The molecule has 7 heteroatoms. The number of carbonyl (C=O) groups excluding carboxylic acids is 1. The van der Waals surface area contributed by atoms with E-state index in [1.54, 1.807) is 0 Å². The van der Waals surface area contributed by atoms with Crippen LogP contribution in [0.4, 0.5) is 13.2 Å². The summed E-state index contributed by atoms with van der Waals surface area (Å²) in [5.74, 6) is -3.09. The maximum Gasteiger partial charge on any atom is 0.454 e. The standard InChI is InChI=1S/C11H5Cl2F3O2/c12-4-1-6-5(8(13)2-4)3-7(9(6)17)10(18)11(14,15)16/h1-2,17H,3H2/p-1. The van der Waals surface area contributed by atoms with Crippen LogP contribution < -0.4 is 5.11 Å². The molecule has 0 bridgehead atoms. The van der Waals surface area contributed by atoms with Gasteiger partial charge in [-0.1, -0.05) is 29.0 Å². The first-order chi connectivity index (χ1) is 8.21. The monoisotopic (exact) mass is 295 g/mol. The van der Waals surface area contributed by atoms with Crippen LogP contribution in [0.2, 0.25) is 10.0 Å². The first-order valence-corrected chi connectivity index (χ1v) is 5.47. The third kappa shape index (κ3) is 2.08. The minimum Gasteiger partial charge on any atom is -0.872 e. The molecule has 0 unspecified atom stereocenters. The number of carbonyl (C=O) groups is 1. The fourth-order valence-electron chi connectivity index (χ4n) is 1.76. The van der Waals surface area contributed by atoms with Crippen molar-refractivity contribution in [1.29, 1.82) is 0 Å². The first kappa shape index (κ1) is 13.2. The second-order valence-corrected chi connectivity index (χ2v) is 4.57. The zero-order valence-electron chi connectivity index (χ0n) is 8.57. The molecular weight excluding hydrogens is 292 g/mol. The predicted molar refractivity (Wildman–Crippen MR) is 58.1 cm³/mol. The summed E-state index contributed by atoms with van der Waals surface area (Å²) in [5.41, 5.74) is -0.652. The summed E-state index contributed by atoms with van der Waals surface area (Å²) in [6, 6.07) is 2.53. The van der Waals surface area contributed by atoms with Gasteiger partial charge in [-0.15, -0.1) is 0 Å². The zero-order chi connectivity index (χ0) is 13.7. The highest BCUT2D eigenvalue weighted by molar-refractivity contribution is 6.35. The Hall–Kier alpha value is -1.20. The number of hydrogen-bond acceptors (Lipinski definition) is 2. The molecule has 0 amide bonds. The quantitative estimate of drug-likeness (QED) is 0.799. The number of fused-ring (bicyclic) bond motifs is 1. The molecule has 0 heterocycles. The summed E-state index contributed by atoms with van der Waals surface area (Å²) < 4.78 is 36.9. The Labute approximate surface area is 110 Å². The zero-order valence-corrected chi connectivity index (χ0v) is 10.1. The van der Waals surface area contributed by atoms with E-state index in [0.717, 1.165) is 0 Å².